The number of nitrogen functional groups attached to an aromatic ring is 1. The molecule has 0 atom stereocenters. The van der Waals surface area contributed by atoms with Gasteiger partial charge in [-0.05, 0) is 25.1 Å². The van der Waals surface area contributed by atoms with Gasteiger partial charge >= 0.3 is 0 Å². The Kier molecular flexibility index (Phi) is 5.43. The summed E-state index contributed by atoms with van der Waals surface area (Å²) in [6.07, 6.45) is 0. The van der Waals surface area contributed by atoms with E-state index in [1.54, 1.807) is 6.07 Å². The molecule has 0 saturated heterocycles. The highest BCUT2D eigenvalue weighted by atomic mass is 79.9. The van der Waals surface area contributed by atoms with Crippen LogP contribution in [0.25, 0.3) is 0 Å². The van der Waals surface area contributed by atoms with E-state index < -0.39 is 5.82 Å². The number of nitrogens with two attached hydrogens (primary N) is 1. The molecule has 3 N–H and O–H groups in total. The number of hydrogen-bond donors (Lipinski definition) is 2. The van der Waals surface area contributed by atoms with Crippen LogP contribution >= 0.6 is 15.9 Å². The van der Waals surface area contributed by atoms with Gasteiger partial charge in [0.1, 0.15) is 12.4 Å². The second kappa shape index (κ2) is 7.30. The molecule has 1 aromatic carbocycles. The largest absolute Gasteiger partial charge is 0.436 e. The lowest BCUT2D eigenvalue weighted by molar-refractivity contribution is 0.128. The van der Waals surface area contributed by atoms with Crippen molar-refractivity contribution in [2.45, 2.75) is 13.5 Å². The second-order valence-electron chi connectivity index (χ2n) is 3.97. The number of hydrogen-bond acceptors (Lipinski definition) is 6. The van der Waals surface area contributed by atoms with Gasteiger partial charge in [-0.1, -0.05) is 15.9 Å². The summed E-state index contributed by atoms with van der Waals surface area (Å²) < 4.78 is 25.1. The topological polar surface area (TPSA) is 82.3 Å². The Morgan fingerprint density at radius 3 is 2.86 bits per heavy atom. The number of ether oxygens (including phenoxy) is 2. The Bertz CT molecular complexity index is 627. The summed E-state index contributed by atoms with van der Waals surface area (Å²) in [6, 6.07) is 5.85. The van der Waals surface area contributed by atoms with E-state index in [0.717, 1.165) is 0 Å². The minimum atomic E-state index is -0.495. The average molecular weight is 357 g/mol. The molecule has 1 heterocycles. The number of hydrazine groups is 1. The van der Waals surface area contributed by atoms with E-state index in [9.17, 15) is 4.39 Å². The van der Waals surface area contributed by atoms with Crippen LogP contribution in [-0.4, -0.2) is 16.6 Å². The lowest BCUT2D eigenvalue weighted by Gasteiger charge is -2.10. The summed E-state index contributed by atoms with van der Waals surface area (Å²) in [6.45, 7) is 2.60. The summed E-state index contributed by atoms with van der Waals surface area (Å²) >= 11 is 3.25. The minimum absolute atomic E-state index is 0.0495. The predicted molar refractivity (Wildman–Crippen MR) is 79.3 cm³/mol. The van der Waals surface area contributed by atoms with E-state index in [1.165, 1.54) is 18.2 Å². The molecule has 0 saturated carbocycles. The molecule has 1 aromatic heterocycles. The van der Waals surface area contributed by atoms with Crippen LogP contribution in [0.15, 0.2) is 28.7 Å². The van der Waals surface area contributed by atoms with Crippen molar-refractivity contribution in [2.75, 3.05) is 12.0 Å². The first-order valence-corrected chi connectivity index (χ1v) is 6.97. The molecule has 2 aromatic rings. The molecular weight excluding hydrogens is 343 g/mol. The van der Waals surface area contributed by atoms with Gasteiger partial charge in [0.05, 0.1) is 0 Å². The van der Waals surface area contributed by atoms with E-state index in [-0.39, 0.29) is 18.2 Å². The standard InChI is InChI=1S/C13H14BrFN4O2/c1-2-20-7-12-17-11(19-16)6-13(18-12)21-10-5-8(14)3-4-9(10)15/h3-6H,2,7,16H2,1H3,(H,17,18,19). The van der Waals surface area contributed by atoms with Gasteiger partial charge in [-0.2, -0.15) is 4.98 Å². The Morgan fingerprint density at radius 2 is 2.14 bits per heavy atom. The number of rotatable bonds is 6. The summed E-state index contributed by atoms with van der Waals surface area (Å²) in [5.41, 5.74) is 2.41. The van der Waals surface area contributed by atoms with E-state index in [2.05, 4.69) is 31.3 Å². The third kappa shape index (κ3) is 4.35. The van der Waals surface area contributed by atoms with Gasteiger partial charge in [0.2, 0.25) is 5.88 Å². The molecule has 21 heavy (non-hydrogen) atoms. The zero-order valence-electron chi connectivity index (χ0n) is 11.3. The van der Waals surface area contributed by atoms with Crippen LogP contribution in [0.5, 0.6) is 11.6 Å². The lowest BCUT2D eigenvalue weighted by atomic mass is 10.3. The third-order valence-electron chi connectivity index (χ3n) is 2.44. The average Bonchev–Trinajstić information content (AvgIpc) is 2.48. The monoisotopic (exact) mass is 356 g/mol. The van der Waals surface area contributed by atoms with E-state index in [0.29, 0.717) is 22.7 Å². The fourth-order valence-electron chi connectivity index (χ4n) is 1.52. The molecule has 0 aliphatic carbocycles. The Hall–Kier alpha value is -1.77. The second-order valence-corrected chi connectivity index (χ2v) is 4.88. The number of nitrogens with one attached hydrogen (secondary N) is 1. The molecule has 6 nitrogen and oxygen atoms in total. The number of anilines is 1. The third-order valence-corrected chi connectivity index (χ3v) is 2.93. The van der Waals surface area contributed by atoms with Crippen LogP contribution in [0, 0.1) is 5.82 Å². The molecule has 112 valence electrons. The highest BCUT2D eigenvalue weighted by molar-refractivity contribution is 9.10. The highest BCUT2D eigenvalue weighted by Gasteiger charge is 2.10. The quantitative estimate of drug-likeness (QED) is 0.611. The van der Waals surface area contributed by atoms with Crippen molar-refractivity contribution in [3.8, 4) is 11.6 Å². The summed E-state index contributed by atoms with van der Waals surface area (Å²) in [5, 5.41) is 0. The molecule has 2 rings (SSSR count). The van der Waals surface area contributed by atoms with Crippen LogP contribution in [0.1, 0.15) is 12.7 Å². The number of aromatic nitrogens is 2. The Labute approximate surface area is 129 Å². The van der Waals surface area contributed by atoms with Gasteiger partial charge in [0, 0.05) is 17.1 Å². The number of benzene rings is 1. The predicted octanol–water partition coefficient (Wildman–Crippen LogP) is 2.99. The van der Waals surface area contributed by atoms with Crippen LogP contribution in [0.2, 0.25) is 0 Å². The molecule has 0 amide bonds. The van der Waals surface area contributed by atoms with Crippen LogP contribution in [0.4, 0.5) is 10.2 Å². The van der Waals surface area contributed by atoms with Crippen LogP contribution in [-0.2, 0) is 11.3 Å². The van der Waals surface area contributed by atoms with Crippen molar-refractivity contribution in [3.05, 3.63) is 40.4 Å². The van der Waals surface area contributed by atoms with E-state index in [1.807, 2.05) is 6.92 Å². The van der Waals surface area contributed by atoms with E-state index in [4.69, 9.17) is 15.3 Å². The SMILES string of the molecule is CCOCc1nc(NN)cc(Oc2cc(Br)ccc2F)n1. The molecule has 0 aliphatic heterocycles. The molecule has 0 radical (unpaired) electrons. The fraction of sp³-hybridized carbons (Fsp3) is 0.231. The lowest BCUT2D eigenvalue weighted by Crippen LogP contribution is -2.11. The first-order valence-electron chi connectivity index (χ1n) is 6.17. The first kappa shape index (κ1) is 15.6. The minimum Gasteiger partial charge on any atom is -0.436 e. The van der Waals surface area contributed by atoms with Gasteiger partial charge in [-0.3, -0.25) is 0 Å². The van der Waals surface area contributed by atoms with E-state index >= 15 is 0 Å². The van der Waals surface area contributed by atoms with Crippen molar-refractivity contribution < 1.29 is 13.9 Å². The van der Waals surface area contributed by atoms with Crippen molar-refractivity contribution in [2.24, 2.45) is 5.84 Å². The maximum Gasteiger partial charge on any atom is 0.224 e. The maximum absolute atomic E-state index is 13.7. The van der Waals surface area contributed by atoms with Crippen molar-refractivity contribution in [1.29, 1.82) is 0 Å². The van der Waals surface area contributed by atoms with Crippen molar-refractivity contribution >= 4 is 21.7 Å². The zero-order chi connectivity index (χ0) is 15.2. The Balaban J connectivity index is 2.27. The summed E-state index contributed by atoms with van der Waals surface area (Å²) in [4.78, 5) is 8.26. The van der Waals surface area contributed by atoms with Crippen LogP contribution in [0.3, 0.4) is 0 Å². The molecular formula is C13H14BrFN4O2. The Morgan fingerprint density at radius 1 is 1.33 bits per heavy atom. The summed E-state index contributed by atoms with van der Waals surface area (Å²) in [7, 11) is 0. The van der Waals surface area contributed by atoms with Crippen LogP contribution < -0.4 is 16.0 Å². The van der Waals surface area contributed by atoms with Gasteiger partial charge in [-0.25, -0.2) is 15.2 Å². The normalized spacial score (nSPS) is 10.5. The summed E-state index contributed by atoms with van der Waals surface area (Å²) in [5.74, 6) is 5.81. The number of nitrogens with zero attached hydrogens (tertiary/aromatic N) is 2. The van der Waals surface area contributed by atoms with Gasteiger partial charge < -0.3 is 14.9 Å². The molecule has 8 heteroatoms. The van der Waals surface area contributed by atoms with Crippen molar-refractivity contribution in [1.82, 2.24) is 9.97 Å². The van der Waals surface area contributed by atoms with Gasteiger partial charge in [0.15, 0.2) is 17.4 Å². The zero-order valence-corrected chi connectivity index (χ0v) is 12.9. The van der Waals surface area contributed by atoms with Crippen molar-refractivity contribution in [3.63, 3.8) is 0 Å². The fourth-order valence-corrected chi connectivity index (χ4v) is 1.87. The number of halogens is 2. The van der Waals surface area contributed by atoms with Gasteiger partial charge in [-0.15, -0.1) is 0 Å². The first-order chi connectivity index (χ1) is 10.1. The smallest absolute Gasteiger partial charge is 0.224 e. The maximum atomic E-state index is 13.7. The van der Waals surface area contributed by atoms with Gasteiger partial charge in [0.25, 0.3) is 0 Å². The molecule has 0 unspecified atom stereocenters. The molecule has 0 aliphatic rings. The molecule has 0 spiro atoms. The molecule has 0 fully saturated rings. The molecule has 0 bridgehead atoms. The highest BCUT2D eigenvalue weighted by Crippen LogP contribution is 2.27.